The maximum atomic E-state index is 12.2. The van der Waals surface area contributed by atoms with E-state index in [1.165, 1.54) is 0 Å². The van der Waals surface area contributed by atoms with Gasteiger partial charge in [-0.3, -0.25) is 9.59 Å². The fourth-order valence-electron chi connectivity index (χ4n) is 2.60. The second-order valence-corrected chi connectivity index (χ2v) is 5.64. The van der Waals surface area contributed by atoms with E-state index in [9.17, 15) is 9.59 Å². The van der Waals surface area contributed by atoms with Crippen LogP contribution in [0, 0.1) is 0 Å². The fraction of sp³-hybridized carbons (Fsp3) is 0.222. The Bertz CT molecular complexity index is 698. The summed E-state index contributed by atoms with van der Waals surface area (Å²) in [6.07, 6.45) is 0.797. The third-order valence-corrected chi connectivity index (χ3v) is 3.95. The Hall–Kier alpha value is -2.82. The number of anilines is 2. The van der Waals surface area contributed by atoms with Crippen molar-refractivity contribution in [1.82, 2.24) is 4.90 Å². The van der Waals surface area contributed by atoms with Crippen LogP contribution in [0.25, 0.3) is 0 Å². The van der Waals surface area contributed by atoms with E-state index >= 15 is 0 Å². The lowest BCUT2D eigenvalue weighted by atomic mass is 10.1. The second-order valence-electron chi connectivity index (χ2n) is 5.64. The number of benzene rings is 2. The first-order valence-corrected chi connectivity index (χ1v) is 7.61. The summed E-state index contributed by atoms with van der Waals surface area (Å²) >= 11 is 0. The molecule has 1 fully saturated rings. The molecule has 3 rings (SSSR count). The zero-order chi connectivity index (χ0) is 16.2. The van der Waals surface area contributed by atoms with Gasteiger partial charge in [-0.15, -0.1) is 0 Å². The van der Waals surface area contributed by atoms with Crippen LogP contribution in [-0.4, -0.2) is 36.3 Å². The number of nitrogens with one attached hydrogen (secondary N) is 2. The van der Waals surface area contributed by atoms with E-state index in [2.05, 4.69) is 10.6 Å². The van der Waals surface area contributed by atoms with Crippen molar-refractivity contribution in [2.24, 2.45) is 0 Å². The summed E-state index contributed by atoms with van der Waals surface area (Å²) in [5.41, 5.74) is 2.18. The molecule has 2 N–H and O–H groups in total. The topological polar surface area (TPSA) is 61.4 Å². The molecule has 2 aromatic carbocycles. The Balaban J connectivity index is 1.63. The first-order valence-electron chi connectivity index (χ1n) is 7.61. The van der Waals surface area contributed by atoms with E-state index < -0.39 is 0 Å². The predicted molar refractivity (Wildman–Crippen MR) is 90.5 cm³/mol. The van der Waals surface area contributed by atoms with E-state index in [1.54, 1.807) is 24.1 Å². The zero-order valence-electron chi connectivity index (χ0n) is 13.0. The van der Waals surface area contributed by atoms with E-state index in [1.807, 2.05) is 42.5 Å². The minimum absolute atomic E-state index is 0.107. The van der Waals surface area contributed by atoms with Crippen molar-refractivity contribution < 1.29 is 9.59 Å². The van der Waals surface area contributed by atoms with Gasteiger partial charge in [-0.25, -0.2) is 0 Å². The van der Waals surface area contributed by atoms with Gasteiger partial charge in [0.1, 0.15) is 6.04 Å². The monoisotopic (exact) mass is 309 g/mol. The van der Waals surface area contributed by atoms with Crippen LogP contribution in [0.3, 0.4) is 0 Å². The van der Waals surface area contributed by atoms with E-state index in [4.69, 9.17) is 0 Å². The lowest BCUT2D eigenvalue weighted by molar-refractivity contribution is -0.127. The number of rotatable bonds is 4. The molecule has 118 valence electrons. The lowest BCUT2D eigenvalue weighted by Gasteiger charge is -2.13. The Labute approximate surface area is 135 Å². The Morgan fingerprint density at radius 2 is 1.74 bits per heavy atom. The number of likely N-dealkylation sites (tertiary alicyclic amines) is 1. The molecule has 0 aromatic heterocycles. The number of nitrogens with zero attached hydrogens (tertiary/aromatic N) is 1. The molecule has 1 saturated heterocycles. The number of likely N-dealkylation sites (N-methyl/N-ethyl adjacent to an activating group) is 1. The standard InChI is InChI=1S/C18H19N3O2/c1-21-12-11-16(18(21)23)19-15-9-7-13(8-10-15)17(22)20-14-5-3-2-4-6-14/h2-10,16,19H,11-12H2,1H3,(H,20,22)/t16-/m0/s1. The number of carbonyl (C=O) groups is 2. The van der Waals surface area contributed by atoms with Gasteiger partial charge in [0.05, 0.1) is 0 Å². The third-order valence-electron chi connectivity index (χ3n) is 3.95. The van der Waals surface area contributed by atoms with Gasteiger partial charge in [-0.1, -0.05) is 18.2 Å². The Kier molecular flexibility index (Phi) is 4.28. The van der Waals surface area contributed by atoms with Gasteiger partial charge in [0.2, 0.25) is 5.91 Å². The van der Waals surface area contributed by atoms with Crippen molar-refractivity contribution in [1.29, 1.82) is 0 Å². The molecule has 5 nitrogen and oxygen atoms in total. The summed E-state index contributed by atoms with van der Waals surface area (Å²) in [7, 11) is 1.81. The van der Waals surface area contributed by atoms with Gasteiger partial charge in [0.25, 0.3) is 5.91 Å². The minimum atomic E-state index is -0.177. The van der Waals surface area contributed by atoms with Gasteiger partial charge in [-0.05, 0) is 42.8 Å². The summed E-state index contributed by atoms with van der Waals surface area (Å²) < 4.78 is 0. The summed E-state index contributed by atoms with van der Waals surface area (Å²) in [4.78, 5) is 25.8. The first-order chi connectivity index (χ1) is 11.1. The molecule has 1 atom stereocenters. The summed E-state index contributed by atoms with van der Waals surface area (Å²) in [5, 5.41) is 6.06. The van der Waals surface area contributed by atoms with Crippen LogP contribution in [0.15, 0.2) is 54.6 Å². The van der Waals surface area contributed by atoms with Crippen LogP contribution < -0.4 is 10.6 Å². The minimum Gasteiger partial charge on any atom is -0.374 e. The second kappa shape index (κ2) is 6.52. The molecule has 1 heterocycles. The van der Waals surface area contributed by atoms with E-state index in [-0.39, 0.29) is 17.9 Å². The highest BCUT2D eigenvalue weighted by Gasteiger charge is 2.28. The molecule has 0 saturated carbocycles. The van der Waals surface area contributed by atoms with Crippen molar-refractivity contribution in [3.8, 4) is 0 Å². The maximum Gasteiger partial charge on any atom is 0.255 e. The molecule has 0 radical (unpaired) electrons. The SMILES string of the molecule is CN1CC[C@H](Nc2ccc(C(=O)Nc3ccccc3)cc2)C1=O. The highest BCUT2D eigenvalue weighted by atomic mass is 16.2. The van der Waals surface area contributed by atoms with Crippen LogP contribution in [0.2, 0.25) is 0 Å². The van der Waals surface area contributed by atoms with Crippen LogP contribution in [-0.2, 0) is 4.79 Å². The molecule has 5 heteroatoms. The lowest BCUT2D eigenvalue weighted by Crippen LogP contribution is -2.30. The largest absolute Gasteiger partial charge is 0.374 e. The Morgan fingerprint density at radius 1 is 1.04 bits per heavy atom. The maximum absolute atomic E-state index is 12.2. The van der Waals surface area contributed by atoms with Crippen molar-refractivity contribution in [3.05, 3.63) is 60.2 Å². The quantitative estimate of drug-likeness (QED) is 0.912. The zero-order valence-corrected chi connectivity index (χ0v) is 13.0. The van der Waals surface area contributed by atoms with Crippen molar-refractivity contribution in [2.45, 2.75) is 12.5 Å². The number of carbonyl (C=O) groups excluding carboxylic acids is 2. The number of hydrogen-bond donors (Lipinski definition) is 2. The number of para-hydroxylation sites is 1. The predicted octanol–water partition coefficient (Wildman–Crippen LogP) is 2.58. The number of hydrogen-bond acceptors (Lipinski definition) is 3. The average Bonchev–Trinajstić information content (AvgIpc) is 2.88. The van der Waals surface area contributed by atoms with Gasteiger partial charge in [0, 0.05) is 30.5 Å². The summed E-state index contributed by atoms with van der Waals surface area (Å²) in [6, 6.07) is 16.3. The van der Waals surface area contributed by atoms with Gasteiger partial charge >= 0.3 is 0 Å². The third kappa shape index (κ3) is 3.51. The van der Waals surface area contributed by atoms with Crippen molar-refractivity contribution in [2.75, 3.05) is 24.2 Å². The Morgan fingerprint density at radius 3 is 2.35 bits per heavy atom. The molecule has 1 aliphatic heterocycles. The van der Waals surface area contributed by atoms with Crippen LogP contribution >= 0.6 is 0 Å². The fourth-order valence-corrected chi connectivity index (χ4v) is 2.60. The van der Waals surface area contributed by atoms with Crippen LogP contribution in [0.5, 0.6) is 0 Å². The average molecular weight is 309 g/mol. The number of amides is 2. The first kappa shape index (κ1) is 15.1. The smallest absolute Gasteiger partial charge is 0.255 e. The molecule has 0 spiro atoms. The molecule has 2 aromatic rings. The van der Waals surface area contributed by atoms with Gasteiger partial charge in [0.15, 0.2) is 0 Å². The summed E-state index contributed by atoms with van der Waals surface area (Å²) in [5.74, 6) is -0.0460. The highest BCUT2D eigenvalue weighted by molar-refractivity contribution is 6.04. The molecule has 2 amide bonds. The normalized spacial score (nSPS) is 17.2. The van der Waals surface area contributed by atoms with Gasteiger partial charge < -0.3 is 15.5 Å². The molecular weight excluding hydrogens is 290 g/mol. The van der Waals surface area contributed by atoms with Crippen molar-refractivity contribution in [3.63, 3.8) is 0 Å². The van der Waals surface area contributed by atoms with Crippen molar-refractivity contribution >= 4 is 23.2 Å². The van der Waals surface area contributed by atoms with E-state index in [0.29, 0.717) is 5.56 Å². The van der Waals surface area contributed by atoms with E-state index in [0.717, 1.165) is 24.3 Å². The molecule has 0 unspecified atom stereocenters. The van der Waals surface area contributed by atoms with Crippen LogP contribution in [0.4, 0.5) is 11.4 Å². The molecule has 23 heavy (non-hydrogen) atoms. The van der Waals surface area contributed by atoms with Crippen LogP contribution in [0.1, 0.15) is 16.8 Å². The molecule has 0 aliphatic carbocycles. The summed E-state index contributed by atoms with van der Waals surface area (Å²) in [6.45, 7) is 0.772. The molecular formula is C18H19N3O2. The molecule has 1 aliphatic rings. The highest BCUT2D eigenvalue weighted by Crippen LogP contribution is 2.17. The van der Waals surface area contributed by atoms with Gasteiger partial charge in [-0.2, -0.15) is 0 Å². The molecule has 0 bridgehead atoms.